The molecule has 0 radical (unpaired) electrons. The minimum Gasteiger partial charge on any atom is -0.497 e. The van der Waals surface area contributed by atoms with E-state index >= 15 is 0 Å². The molecule has 7 nitrogen and oxygen atoms in total. The second kappa shape index (κ2) is 10.2. The van der Waals surface area contributed by atoms with Gasteiger partial charge in [-0.1, -0.05) is 23.7 Å². The van der Waals surface area contributed by atoms with Crippen LogP contribution in [0.15, 0.2) is 47.3 Å². The fourth-order valence-corrected chi connectivity index (χ4v) is 3.74. The van der Waals surface area contributed by atoms with Gasteiger partial charge in [-0.3, -0.25) is 14.2 Å². The largest absolute Gasteiger partial charge is 0.497 e. The summed E-state index contributed by atoms with van der Waals surface area (Å²) in [6, 6.07) is 14.1. The van der Waals surface area contributed by atoms with Crippen LogP contribution in [0.1, 0.15) is 32.6 Å². The van der Waals surface area contributed by atoms with Crippen molar-refractivity contribution in [3.05, 3.63) is 85.7 Å². The summed E-state index contributed by atoms with van der Waals surface area (Å²) in [5.74, 6) is 0.142. The third-order valence-electron chi connectivity index (χ3n) is 5.36. The fourth-order valence-electron chi connectivity index (χ4n) is 3.52. The predicted octanol–water partition coefficient (Wildman–Crippen LogP) is 4.21. The van der Waals surface area contributed by atoms with E-state index in [1.807, 2.05) is 18.2 Å². The predicted molar refractivity (Wildman–Crippen MR) is 125 cm³/mol. The molecule has 0 fully saturated rings. The lowest BCUT2D eigenvalue weighted by Crippen LogP contribution is -2.28. The number of methoxy groups -OCH3 is 1. The molecule has 0 amide bonds. The van der Waals surface area contributed by atoms with Gasteiger partial charge in [-0.05, 0) is 67.3 Å². The molecule has 0 bridgehead atoms. The van der Waals surface area contributed by atoms with Gasteiger partial charge in [-0.2, -0.15) is 5.26 Å². The third kappa shape index (κ3) is 5.18. The quantitative estimate of drug-likeness (QED) is 0.499. The van der Waals surface area contributed by atoms with E-state index < -0.39 is 17.2 Å². The Kier molecular flexibility index (Phi) is 7.41. The molecule has 1 N–H and O–H groups in total. The fraction of sp³-hybridized carbons (Fsp3) is 0.240. The van der Waals surface area contributed by atoms with Crippen molar-refractivity contribution in [2.75, 3.05) is 13.7 Å². The van der Waals surface area contributed by atoms with Crippen LogP contribution >= 0.6 is 11.6 Å². The van der Waals surface area contributed by atoms with Crippen molar-refractivity contribution < 1.29 is 19.4 Å². The third-order valence-corrected chi connectivity index (χ3v) is 5.59. The van der Waals surface area contributed by atoms with E-state index in [4.69, 9.17) is 21.1 Å². The molecular formula is C25H23ClN2O5. The highest BCUT2D eigenvalue weighted by atomic mass is 35.5. The summed E-state index contributed by atoms with van der Waals surface area (Å²) in [6.07, 6.45) is 0.402. The van der Waals surface area contributed by atoms with Crippen LogP contribution < -0.4 is 15.0 Å². The Hall–Kier alpha value is -3.76. The highest BCUT2D eigenvalue weighted by Gasteiger charge is 2.24. The lowest BCUT2D eigenvalue weighted by atomic mass is 10.0. The van der Waals surface area contributed by atoms with E-state index in [1.165, 1.54) is 6.92 Å². The average molecular weight is 467 g/mol. The molecule has 0 saturated heterocycles. The maximum atomic E-state index is 13.0. The van der Waals surface area contributed by atoms with Crippen molar-refractivity contribution in [3.8, 4) is 23.4 Å². The molecule has 0 unspecified atom stereocenters. The lowest BCUT2D eigenvalue weighted by molar-refractivity contribution is 0.0916. The van der Waals surface area contributed by atoms with E-state index in [0.717, 1.165) is 15.7 Å². The zero-order valence-electron chi connectivity index (χ0n) is 18.5. The molecule has 1 heterocycles. The Bertz CT molecular complexity index is 1290. The standard InChI is InChI=1S/C25H23ClN2O5/c1-15-12-18(26)6-9-22(15)33-14-21(29)23-16(2)20(13-27)24(30)28(25(23)31)11-10-17-4-7-19(32-3)8-5-17/h4-9,12,31H,10-11,14H2,1-3H3. The molecule has 3 aromatic rings. The second-order valence-electron chi connectivity index (χ2n) is 7.49. The summed E-state index contributed by atoms with van der Waals surface area (Å²) in [6.45, 7) is 2.97. The zero-order valence-corrected chi connectivity index (χ0v) is 19.3. The van der Waals surface area contributed by atoms with E-state index in [1.54, 1.807) is 44.4 Å². The number of nitriles is 1. The number of ether oxygens (including phenoxy) is 2. The summed E-state index contributed by atoms with van der Waals surface area (Å²) in [5.41, 5.74) is 0.837. The van der Waals surface area contributed by atoms with E-state index in [-0.39, 0.29) is 29.8 Å². The summed E-state index contributed by atoms with van der Waals surface area (Å²) >= 11 is 5.95. The van der Waals surface area contributed by atoms with Crippen LogP contribution in [0.5, 0.6) is 17.4 Å². The number of nitrogens with zero attached hydrogens (tertiary/aromatic N) is 2. The first-order valence-corrected chi connectivity index (χ1v) is 10.6. The molecule has 0 saturated carbocycles. The number of Topliss-reactive ketones (excluding diaryl/α,β-unsaturated/α-hetero) is 1. The highest BCUT2D eigenvalue weighted by molar-refractivity contribution is 6.30. The van der Waals surface area contributed by atoms with Crippen molar-refractivity contribution in [3.63, 3.8) is 0 Å². The Balaban J connectivity index is 1.89. The minimum atomic E-state index is -0.646. The molecular weight excluding hydrogens is 444 g/mol. The Morgan fingerprint density at radius 3 is 2.48 bits per heavy atom. The molecule has 0 aliphatic carbocycles. The van der Waals surface area contributed by atoms with Gasteiger partial charge >= 0.3 is 0 Å². The number of rotatable bonds is 8. The maximum absolute atomic E-state index is 13.0. The summed E-state index contributed by atoms with van der Waals surface area (Å²) in [4.78, 5) is 25.8. The number of benzene rings is 2. The molecule has 0 spiro atoms. The first-order chi connectivity index (χ1) is 15.8. The molecule has 0 aliphatic heterocycles. The molecule has 1 aromatic heterocycles. The Labute approximate surface area is 196 Å². The lowest BCUT2D eigenvalue weighted by Gasteiger charge is -2.16. The van der Waals surface area contributed by atoms with Gasteiger partial charge < -0.3 is 14.6 Å². The maximum Gasteiger partial charge on any atom is 0.271 e. The van der Waals surface area contributed by atoms with E-state index in [2.05, 4.69) is 0 Å². The van der Waals surface area contributed by atoms with Crippen molar-refractivity contribution in [2.45, 2.75) is 26.8 Å². The van der Waals surface area contributed by atoms with Crippen LogP contribution in [0.25, 0.3) is 0 Å². The van der Waals surface area contributed by atoms with Crippen LogP contribution in [0, 0.1) is 25.2 Å². The molecule has 8 heteroatoms. The zero-order chi connectivity index (χ0) is 24.1. The Morgan fingerprint density at radius 1 is 1.18 bits per heavy atom. The van der Waals surface area contributed by atoms with Crippen molar-refractivity contribution in [2.24, 2.45) is 0 Å². The monoisotopic (exact) mass is 466 g/mol. The van der Waals surface area contributed by atoms with Gasteiger partial charge in [-0.25, -0.2) is 0 Å². The second-order valence-corrected chi connectivity index (χ2v) is 7.92. The van der Waals surface area contributed by atoms with Crippen LogP contribution in [-0.2, 0) is 13.0 Å². The van der Waals surface area contributed by atoms with Gasteiger partial charge in [0.05, 0.1) is 12.7 Å². The summed E-state index contributed by atoms with van der Waals surface area (Å²) in [7, 11) is 1.57. The summed E-state index contributed by atoms with van der Waals surface area (Å²) < 4.78 is 11.8. The van der Waals surface area contributed by atoms with Gasteiger partial charge in [0, 0.05) is 11.6 Å². The van der Waals surface area contributed by atoms with Gasteiger partial charge in [-0.15, -0.1) is 0 Å². The van der Waals surface area contributed by atoms with E-state index in [0.29, 0.717) is 22.9 Å². The van der Waals surface area contributed by atoms with E-state index in [9.17, 15) is 20.0 Å². The number of halogens is 1. The molecule has 0 aliphatic rings. The number of aromatic nitrogens is 1. The first-order valence-electron chi connectivity index (χ1n) is 10.2. The van der Waals surface area contributed by atoms with Crippen molar-refractivity contribution >= 4 is 17.4 Å². The number of hydrogen-bond donors (Lipinski definition) is 1. The number of hydrogen-bond acceptors (Lipinski definition) is 6. The molecule has 0 atom stereocenters. The number of carbonyl (C=O) groups is 1. The smallest absolute Gasteiger partial charge is 0.271 e. The molecule has 2 aromatic carbocycles. The number of pyridine rings is 1. The van der Waals surface area contributed by atoms with Gasteiger partial charge in [0.2, 0.25) is 11.7 Å². The highest BCUT2D eigenvalue weighted by Crippen LogP contribution is 2.25. The number of ketones is 1. The van der Waals surface area contributed by atoms with Crippen LogP contribution in [0.3, 0.4) is 0 Å². The van der Waals surface area contributed by atoms with Gasteiger partial charge in [0.15, 0.2) is 6.61 Å². The minimum absolute atomic E-state index is 0.0867. The Morgan fingerprint density at radius 2 is 1.88 bits per heavy atom. The van der Waals surface area contributed by atoms with Crippen LogP contribution in [0.4, 0.5) is 0 Å². The van der Waals surface area contributed by atoms with Crippen LogP contribution in [-0.4, -0.2) is 29.2 Å². The van der Waals surface area contributed by atoms with Crippen molar-refractivity contribution in [1.82, 2.24) is 4.57 Å². The van der Waals surface area contributed by atoms with Gasteiger partial charge in [0.1, 0.15) is 23.1 Å². The van der Waals surface area contributed by atoms with Crippen LogP contribution in [0.2, 0.25) is 5.02 Å². The van der Waals surface area contributed by atoms with Gasteiger partial charge in [0.25, 0.3) is 5.56 Å². The average Bonchev–Trinajstić information content (AvgIpc) is 2.79. The topological polar surface area (TPSA) is 102 Å². The first kappa shape index (κ1) is 23.9. The number of carbonyl (C=O) groups excluding carboxylic acids is 1. The number of aryl methyl sites for hydroxylation is 2. The number of aromatic hydroxyl groups is 1. The SMILES string of the molecule is COc1ccc(CCn2c(O)c(C(=O)COc3ccc(Cl)cc3C)c(C)c(C#N)c2=O)cc1. The molecule has 3 rings (SSSR count). The molecule has 170 valence electrons. The van der Waals surface area contributed by atoms with Crippen molar-refractivity contribution in [1.29, 1.82) is 5.26 Å². The summed E-state index contributed by atoms with van der Waals surface area (Å²) in [5, 5.41) is 20.9. The normalized spacial score (nSPS) is 10.5. The molecule has 33 heavy (non-hydrogen) atoms.